The number of hydrogen-bond acceptors (Lipinski definition) is 25. The van der Waals surface area contributed by atoms with E-state index < -0.39 is 112 Å². The Morgan fingerprint density at radius 3 is 1.08 bits per heavy atom. The average molecular weight is 963 g/mol. The zero-order valence-corrected chi connectivity index (χ0v) is 38.3. The first-order chi connectivity index (χ1) is 30.7. The first-order valence-corrected chi connectivity index (χ1v) is 21.3. The minimum Gasteiger partial charge on any atom is -0.461 e. The van der Waals surface area contributed by atoms with Crippen LogP contribution in [-0.2, 0) is 42.7 Å². The molecular formula is C39H82N2O24. The van der Waals surface area contributed by atoms with Crippen molar-refractivity contribution in [3.05, 3.63) is 0 Å². The normalized spacial score (nSPS) is 19.4. The summed E-state index contributed by atoms with van der Waals surface area (Å²) in [4.78, 5) is 25.3. The molecule has 26 heteroatoms. The van der Waals surface area contributed by atoms with Crippen LogP contribution in [0.1, 0.15) is 34.1 Å². The van der Waals surface area contributed by atoms with Gasteiger partial charge in [-0.25, -0.2) is 4.79 Å². The lowest BCUT2D eigenvalue weighted by Crippen LogP contribution is -2.49. The second-order valence-electron chi connectivity index (χ2n) is 14.5. The van der Waals surface area contributed by atoms with Gasteiger partial charge < -0.3 is 115 Å². The molecule has 392 valence electrons. The summed E-state index contributed by atoms with van der Waals surface area (Å²) in [6.07, 6.45) is -12.2. The lowest BCUT2D eigenvalue weighted by atomic mass is 10.2. The molecule has 65 heavy (non-hydrogen) atoms. The summed E-state index contributed by atoms with van der Waals surface area (Å²) in [5.41, 5.74) is 0. The molecule has 12 atom stereocenters. The highest BCUT2D eigenvalue weighted by Gasteiger charge is 2.29. The summed E-state index contributed by atoms with van der Waals surface area (Å²) in [7, 11) is 1.75. The molecule has 0 saturated carbocycles. The van der Waals surface area contributed by atoms with Gasteiger partial charge in [0.1, 0.15) is 49.0 Å². The number of carbonyl (C=O) groups is 2. The predicted octanol–water partition coefficient (Wildman–Crippen LogP) is -7.90. The summed E-state index contributed by atoms with van der Waals surface area (Å²) in [6, 6.07) is 0. The lowest BCUT2D eigenvalue weighted by Gasteiger charge is -2.29. The second kappa shape index (κ2) is 43.3. The number of esters is 1. The van der Waals surface area contributed by atoms with Gasteiger partial charge in [0.2, 0.25) is 0 Å². The number of cyclic esters (lactones) is 1. The van der Waals surface area contributed by atoms with Crippen LogP contribution >= 0.6 is 0 Å². The van der Waals surface area contributed by atoms with Gasteiger partial charge in [-0.15, -0.1) is 0 Å². The first-order valence-electron chi connectivity index (χ1n) is 21.3. The van der Waals surface area contributed by atoms with Crippen molar-refractivity contribution in [2.75, 3.05) is 132 Å². The Labute approximate surface area is 380 Å². The number of amides is 1. The molecule has 0 radical (unpaired) electrons. The summed E-state index contributed by atoms with van der Waals surface area (Å²) in [5.74, 6) is -1.48. The monoisotopic (exact) mass is 963 g/mol. The van der Waals surface area contributed by atoms with Crippen molar-refractivity contribution in [1.29, 1.82) is 0 Å². The maximum absolute atomic E-state index is 12.5. The summed E-state index contributed by atoms with van der Waals surface area (Å²) < 4.78 is 35.3. The van der Waals surface area contributed by atoms with Gasteiger partial charge in [-0.05, 0) is 20.5 Å². The third kappa shape index (κ3) is 38.7. The molecule has 0 bridgehead atoms. The number of rotatable bonds is 35. The van der Waals surface area contributed by atoms with Crippen molar-refractivity contribution >= 4 is 11.9 Å². The van der Waals surface area contributed by atoms with Gasteiger partial charge in [-0.1, -0.05) is 20.8 Å². The van der Waals surface area contributed by atoms with Crippen LogP contribution in [0.5, 0.6) is 0 Å². The summed E-state index contributed by atoms with van der Waals surface area (Å²) in [5, 5.41) is 141. The van der Waals surface area contributed by atoms with Crippen molar-refractivity contribution < 1.29 is 119 Å². The highest BCUT2D eigenvalue weighted by molar-refractivity contribution is 5.80. The van der Waals surface area contributed by atoms with Gasteiger partial charge in [0.05, 0.1) is 118 Å². The van der Waals surface area contributed by atoms with Crippen molar-refractivity contribution in [3.8, 4) is 0 Å². The van der Waals surface area contributed by atoms with E-state index in [1.807, 2.05) is 20.8 Å². The maximum Gasteiger partial charge on any atom is 0.335 e. The second-order valence-corrected chi connectivity index (χ2v) is 14.5. The summed E-state index contributed by atoms with van der Waals surface area (Å²) >= 11 is 0. The Hall–Kier alpha value is -1.94. The molecule has 1 amide bonds. The van der Waals surface area contributed by atoms with E-state index in [9.17, 15) is 45.3 Å². The van der Waals surface area contributed by atoms with Crippen LogP contribution in [0.15, 0.2) is 0 Å². The van der Waals surface area contributed by atoms with Crippen molar-refractivity contribution in [3.63, 3.8) is 0 Å². The van der Waals surface area contributed by atoms with Gasteiger partial charge >= 0.3 is 5.97 Å². The van der Waals surface area contributed by atoms with E-state index >= 15 is 0 Å². The van der Waals surface area contributed by atoms with Crippen LogP contribution in [0.25, 0.3) is 0 Å². The van der Waals surface area contributed by atoms with Gasteiger partial charge in [0.15, 0.2) is 12.2 Å². The first kappa shape index (κ1) is 67.3. The molecule has 1 aliphatic rings. The van der Waals surface area contributed by atoms with Crippen molar-refractivity contribution in [1.82, 2.24) is 9.80 Å². The molecule has 0 aromatic carbocycles. The summed E-state index contributed by atoms with van der Waals surface area (Å²) in [6.45, 7) is 2.63. The fraction of sp³-hybridized carbons (Fsp3) is 0.949. The molecule has 1 fully saturated rings. The Kier molecular flexibility index (Phi) is 44.9. The minimum atomic E-state index is -1.82. The van der Waals surface area contributed by atoms with E-state index in [0.29, 0.717) is 6.42 Å². The zero-order chi connectivity index (χ0) is 50.3. The highest BCUT2D eigenvalue weighted by Crippen LogP contribution is 2.12. The highest BCUT2D eigenvalue weighted by atomic mass is 16.6. The molecule has 12 unspecified atom stereocenters. The molecule has 1 saturated heterocycles. The van der Waals surface area contributed by atoms with E-state index in [0.717, 1.165) is 11.4 Å². The Bertz CT molecular complexity index is 1040. The van der Waals surface area contributed by atoms with E-state index in [4.69, 9.17) is 69.3 Å². The Morgan fingerprint density at radius 1 is 0.569 bits per heavy atom. The molecule has 0 aromatic rings. The van der Waals surface area contributed by atoms with E-state index in [1.54, 1.807) is 18.9 Å². The molecule has 15 N–H and O–H groups in total. The van der Waals surface area contributed by atoms with E-state index in [1.165, 1.54) is 0 Å². The van der Waals surface area contributed by atoms with Crippen LogP contribution in [0.2, 0.25) is 0 Å². The number of carbonyl (C=O) groups excluding carboxylic acids is 2. The molecular weight excluding hydrogens is 880 g/mol. The SMILES string of the molecule is CC.CC1CC(O)C(=O)O1.CCN(C)C(O)CO.O=C(C(O)CO)N(CC(O)COCC(O)COCC(O)COCC(O)CO)CC(O)COCC(O)COCC(O)COCC(O)CO. The number of ether oxygens (including phenoxy) is 7. The van der Waals surface area contributed by atoms with E-state index in [-0.39, 0.29) is 92.0 Å². The fourth-order valence-electron chi connectivity index (χ4n) is 4.58. The molecule has 1 aliphatic heterocycles. The number of likely N-dealkylation sites (N-methyl/N-ethyl adjacent to an activating group) is 1. The Balaban J connectivity index is -0.00000176. The molecule has 1 rings (SSSR count). The third-order valence-corrected chi connectivity index (χ3v) is 8.09. The predicted molar refractivity (Wildman–Crippen MR) is 226 cm³/mol. The number of hydrogen-bond donors (Lipinski definition) is 15. The molecule has 0 aromatic heterocycles. The largest absolute Gasteiger partial charge is 0.461 e. The molecule has 0 spiro atoms. The Morgan fingerprint density at radius 2 is 0.877 bits per heavy atom. The topological polar surface area (TPSA) is 409 Å². The third-order valence-electron chi connectivity index (χ3n) is 8.09. The average Bonchev–Trinajstić information content (AvgIpc) is 3.58. The van der Waals surface area contributed by atoms with Gasteiger partial charge in [0.25, 0.3) is 5.91 Å². The van der Waals surface area contributed by atoms with Crippen LogP contribution in [-0.4, -0.2) is 304 Å². The zero-order valence-electron chi connectivity index (χ0n) is 38.3. The minimum absolute atomic E-state index is 0.0995. The standard InChI is InChI=1S/C27H55NO19.C5H13NO2.C5H8O3.C2H6/c29-3-20(34)8-44-12-24(38)16-46-14-22(36)10-42-6-18(32)1-28(27(41)26(40)5-31)2-19(33)7-43-11-23(37)15-47-17-25(39)13-45-9-21(35)4-30;1-3-6(2)5(8)4-7;1-3-2-4(6)5(7)8-3;1-2/h18-26,29-40H,1-17H2;5,7-8H,3-4H2,1-2H3;3-4,6H,2H2,1H3;1-2H3. The number of aliphatic hydroxyl groups excluding tert-OH is 15. The van der Waals surface area contributed by atoms with Crippen LogP contribution < -0.4 is 0 Å². The number of nitrogens with zero attached hydrogens (tertiary/aromatic N) is 2. The molecule has 1 heterocycles. The van der Waals surface area contributed by atoms with Crippen LogP contribution in [0, 0.1) is 0 Å². The van der Waals surface area contributed by atoms with Gasteiger partial charge in [-0.3, -0.25) is 9.69 Å². The fourth-order valence-corrected chi connectivity index (χ4v) is 4.58. The molecule has 0 aliphatic carbocycles. The quantitative estimate of drug-likeness (QED) is 0.0207. The van der Waals surface area contributed by atoms with Crippen molar-refractivity contribution in [2.45, 2.75) is 107 Å². The lowest BCUT2D eigenvalue weighted by molar-refractivity contribution is -0.147. The van der Waals surface area contributed by atoms with Crippen LogP contribution in [0.3, 0.4) is 0 Å². The van der Waals surface area contributed by atoms with E-state index in [2.05, 4.69) is 4.74 Å². The van der Waals surface area contributed by atoms with Crippen LogP contribution in [0.4, 0.5) is 0 Å². The maximum atomic E-state index is 12.5. The molecule has 26 nitrogen and oxygen atoms in total. The van der Waals surface area contributed by atoms with Gasteiger partial charge in [-0.2, -0.15) is 0 Å². The number of aliphatic hydroxyl groups is 15. The van der Waals surface area contributed by atoms with Crippen molar-refractivity contribution in [2.24, 2.45) is 0 Å². The van der Waals surface area contributed by atoms with Gasteiger partial charge in [0, 0.05) is 19.5 Å². The smallest absolute Gasteiger partial charge is 0.335 e.